The molecule has 0 aliphatic heterocycles. The Kier molecular flexibility index (Phi) is 2.25. The normalized spacial score (nSPS) is 21.0. The quantitative estimate of drug-likeness (QED) is 0.521. The average molecular weight is 189 g/mol. The first-order valence-electron chi connectivity index (χ1n) is 4.86. The molecule has 3 nitrogen and oxygen atoms in total. The van der Waals surface area contributed by atoms with Crippen molar-refractivity contribution in [2.45, 2.75) is 25.8 Å². The molecule has 0 bridgehead atoms. The molecule has 2 rings (SSSR count). The van der Waals surface area contributed by atoms with Gasteiger partial charge in [-0.15, -0.1) is 0 Å². The maximum atomic E-state index is 5.97. The second-order valence-corrected chi connectivity index (χ2v) is 3.74. The Morgan fingerprint density at radius 2 is 2.29 bits per heavy atom. The van der Waals surface area contributed by atoms with Gasteiger partial charge in [0.2, 0.25) is 0 Å². The number of hydrogen-bond donors (Lipinski definition) is 2. The number of aliphatic imine (C=N–C) groups is 1. The van der Waals surface area contributed by atoms with Crippen LogP contribution >= 0.6 is 0 Å². The van der Waals surface area contributed by atoms with Crippen molar-refractivity contribution in [3.63, 3.8) is 0 Å². The minimum atomic E-state index is 0.179. The molecule has 1 aromatic rings. The van der Waals surface area contributed by atoms with E-state index in [1.165, 1.54) is 11.1 Å². The molecule has 1 aromatic carbocycles. The molecular formula is C11H15N3. The van der Waals surface area contributed by atoms with Crippen molar-refractivity contribution >= 4 is 11.5 Å². The molecule has 0 spiro atoms. The van der Waals surface area contributed by atoms with E-state index in [-0.39, 0.29) is 6.04 Å². The molecule has 0 saturated carbocycles. The predicted molar refractivity (Wildman–Crippen MR) is 58.6 cm³/mol. The van der Waals surface area contributed by atoms with Crippen LogP contribution in [-0.4, -0.2) is 5.84 Å². The summed E-state index contributed by atoms with van der Waals surface area (Å²) in [6.45, 7) is 1.80. The zero-order valence-electron chi connectivity index (χ0n) is 8.33. The summed E-state index contributed by atoms with van der Waals surface area (Å²) in [6.07, 6.45) is 2.04. The van der Waals surface area contributed by atoms with Gasteiger partial charge in [0, 0.05) is 6.04 Å². The van der Waals surface area contributed by atoms with Crippen molar-refractivity contribution in [3.8, 4) is 0 Å². The minimum absolute atomic E-state index is 0.179. The predicted octanol–water partition coefficient (Wildman–Crippen LogP) is 1.64. The average Bonchev–Trinajstić information content (AvgIpc) is 2.49. The zero-order chi connectivity index (χ0) is 10.1. The van der Waals surface area contributed by atoms with Crippen molar-refractivity contribution in [1.29, 1.82) is 0 Å². The van der Waals surface area contributed by atoms with Gasteiger partial charge in [-0.3, -0.25) is 0 Å². The first-order chi connectivity index (χ1) is 6.68. The monoisotopic (exact) mass is 189 g/mol. The first-order valence-corrected chi connectivity index (χ1v) is 4.86. The lowest BCUT2D eigenvalue weighted by atomic mass is 10.1. The van der Waals surface area contributed by atoms with E-state index in [1.807, 2.05) is 12.1 Å². The summed E-state index contributed by atoms with van der Waals surface area (Å²) in [7, 11) is 0. The lowest BCUT2D eigenvalue weighted by molar-refractivity contribution is 0.713. The Morgan fingerprint density at radius 3 is 3.00 bits per heavy atom. The first kappa shape index (κ1) is 9.21. The van der Waals surface area contributed by atoms with Gasteiger partial charge in [-0.2, -0.15) is 0 Å². The molecule has 1 aliphatic carbocycles. The van der Waals surface area contributed by atoms with E-state index in [9.17, 15) is 0 Å². The van der Waals surface area contributed by atoms with E-state index < -0.39 is 0 Å². The van der Waals surface area contributed by atoms with Gasteiger partial charge in [0.15, 0.2) is 0 Å². The van der Waals surface area contributed by atoms with Gasteiger partial charge in [-0.1, -0.05) is 12.1 Å². The van der Waals surface area contributed by atoms with Crippen molar-refractivity contribution < 1.29 is 0 Å². The van der Waals surface area contributed by atoms with E-state index in [1.54, 1.807) is 6.92 Å². The van der Waals surface area contributed by atoms with Gasteiger partial charge in [-0.05, 0) is 37.0 Å². The highest BCUT2D eigenvalue weighted by Crippen LogP contribution is 2.35. The van der Waals surface area contributed by atoms with E-state index >= 15 is 0 Å². The van der Waals surface area contributed by atoms with Gasteiger partial charge < -0.3 is 11.5 Å². The topological polar surface area (TPSA) is 64.4 Å². The Labute approximate surface area is 83.8 Å². The molecule has 0 radical (unpaired) electrons. The SMILES string of the molecule is CC(N)=Nc1cccc2c1CCC2N. The van der Waals surface area contributed by atoms with Crippen LogP contribution < -0.4 is 11.5 Å². The molecule has 0 saturated heterocycles. The Hall–Kier alpha value is -1.35. The fourth-order valence-electron chi connectivity index (χ4n) is 1.96. The van der Waals surface area contributed by atoms with Gasteiger partial charge in [-0.25, -0.2) is 4.99 Å². The third-order valence-corrected chi connectivity index (χ3v) is 2.59. The summed E-state index contributed by atoms with van der Waals surface area (Å²) in [5, 5.41) is 0. The number of nitrogens with zero attached hydrogens (tertiary/aromatic N) is 1. The van der Waals surface area contributed by atoms with Crippen LogP contribution in [0.2, 0.25) is 0 Å². The summed E-state index contributed by atoms with van der Waals surface area (Å²) in [6, 6.07) is 6.25. The third-order valence-electron chi connectivity index (χ3n) is 2.59. The highest BCUT2D eigenvalue weighted by Gasteiger charge is 2.20. The Bertz CT molecular complexity index is 378. The maximum Gasteiger partial charge on any atom is 0.0965 e. The molecule has 0 amide bonds. The van der Waals surface area contributed by atoms with Crippen LogP contribution in [0.5, 0.6) is 0 Å². The van der Waals surface area contributed by atoms with Crippen LogP contribution in [0.25, 0.3) is 0 Å². The number of fused-ring (bicyclic) bond motifs is 1. The molecule has 0 heterocycles. The number of nitrogens with two attached hydrogens (primary N) is 2. The van der Waals surface area contributed by atoms with Crippen LogP contribution in [0.15, 0.2) is 23.2 Å². The maximum absolute atomic E-state index is 5.97. The van der Waals surface area contributed by atoms with Gasteiger partial charge in [0.1, 0.15) is 0 Å². The minimum Gasteiger partial charge on any atom is -0.387 e. The van der Waals surface area contributed by atoms with E-state index in [2.05, 4.69) is 11.1 Å². The Morgan fingerprint density at radius 1 is 1.50 bits per heavy atom. The number of amidine groups is 1. The van der Waals surface area contributed by atoms with Crippen LogP contribution in [-0.2, 0) is 6.42 Å². The standard InChI is InChI=1S/C11H15N3/c1-7(12)14-11-4-2-3-8-9(11)5-6-10(8)13/h2-4,10H,5-6,13H2,1H3,(H2,12,14). The molecule has 4 N–H and O–H groups in total. The molecule has 14 heavy (non-hydrogen) atoms. The second kappa shape index (κ2) is 3.42. The lowest BCUT2D eigenvalue weighted by Crippen LogP contribution is -2.05. The van der Waals surface area contributed by atoms with E-state index in [0.29, 0.717) is 5.84 Å². The number of benzene rings is 1. The van der Waals surface area contributed by atoms with Crippen molar-refractivity contribution in [2.24, 2.45) is 16.5 Å². The number of hydrogen-bond acceptors (Lipinski definition) is 2. The van der Waals surface area contributed by atoms with Crippen LogP contribution in [0.3, 0.4) is 0 Å². The smallest absolute Gasteiger partial charge is 0.0965 e. The van der Waals surface area contributed by atoms with Gasteiger partial charge in [0.05, 0.1) is 11.5 Å². The summed E-state index contributed by atoms with van der Waals surface area (Å²) >= 11 is 0. The van der Waals surface area contributed by atoms with Crippen molar-refractivity contribution in [3.05, 3.63) is 29.3 Å². The lowest BCUT2D eigenvalue weighted by Gasteiger charge is -2.06. The summed E-state index contributed by atoms with van der Waals surface area (Å²) in [5.41, 5.74) is 15.0. The van der Waals surface area contributed by atoms with Gasteiger partial charge in [0.25, 0.3) is 0 Å². The zero-order valence-corrected chi connectivity index (χ0v) is 8.33. The van der Waals surface area contributed by atoms with E-state index in [4.69, 9.17) is 11.5 Å². The molecule has 3 heteroatoms. The van der Waals surface area contributed by atoms with Crippen LogP contribution in [0.4, 0.5) is 5.69 Å². The van der Waals surface area contributed by atoms with Crippen LogP contribution in [0, 0.1) is 0 Å². The largest absolute Gasteiger partial charge is 0.387 e. The number of rotatable bonds is 1. The van der Waals surface area contributed by atoms with Crippen molar-refractivity contribution in [1.82, 2.24) is 0 Å². The third kappa shape index (κ3) is 1.51. The highest BCUT2D eigenvalue weighted by atomic mass is 14.8. The molecule has 0 aromatic heterocycles. The molecule has 74 valence electrons. The van der Waals surface area contributed by atoms with Gasteiger partial charge >= 0.3 is 0 Å². The molecule has 1 atom stereocenters. The second-order valence-electron chi connectivity index (χ2n) is 3.74. The van der Waals surface area contributed by atoms with Crippen LogP contribution in [0.1, 0.15) is 30.5 Å². The fourth-order valence-corrected chi connectivity index (χ4v) is 1.96. The summed E-state index contributed by atoms with van der Waals surface area (Å²) < 4.78 is 0. The Balaban J connectivity index is 2.49. The highest BCUT2D eigenvalue weighted by molar-refractivity contribution is 5.81. The summed E-state index contributed by atoms with van der Waals surface area (Å²) in [4.78, 5) is 4.30. The molecular weight excluding hydrogens is 174 g/mol. The van der Waals surface area contributed by atoms with E-state index in [0.717, 1.165) is 18.5 Å². The summed E-state index contributed by atoms with van der Waals surface area (Å²) in [5.74, 6) is 0.596. The fraction of sp³-hybridized carbons (Fsp3) is 0.364. The van der Waals surface area contributed by atoms with Crippen molar-refractivity contribution in [2.75, 3.05) is 0 Å². The molecule has 1 unspecified atom stereocenters. The molecule has 0 fully saturated rings. The molecule has 1 aliphatic rings.